The Morgan fingerprint density at radius 1 is 1.15 bits per heavy atom. The van der Waals surface area contributed by atoms with Gasteiger partial charge in [-0.05, 0) is 30.5 Å². The van der Waals surface area contributed by atoms with Crippen molar-refractivity contribution in [3.05, 3.63) is 81.1 Å². The molecule has 0 aliphatic carbocycles. The molecule has 0 spiro atoms. The predicted molar refractivity (Wildman–Crippen MR) is 102 cm³/mol. The third kappa shape index (κ3) is 3.68. The normalized spacial score (nSPS) is 10.7. The molecule has 1 aromatic heterocycles. The second kappa shape index (κ2) is 7.45. The highest BCUT2D eigenvalue weighted by molar-refractivity contribution is 5.80. The van der Waals surface area contributed by atoms with E-state index in [0.717, 1.165) is 5.56 Å². The van der Waals surface area contributed by atoms with Gasteiger partial charge in [0.15, 0.2) is 0 Å². The molecular formula is C20H17N5O. The molecule has 0 saturated heterocycles. The van der Waals surface area contributed by atoms with Crippen LogP contribution in [-0.4, -0.2) is 16.2 Å². The first-order valence-electron chi connectivity index (χ1n) is 8.04. The number of anilines is 1. The summed E-state index contributed by atoms with van der Waals surface area (Å²) < 4.78 is 0. The van der Waals surface area contributed by atoms with Gasteiger partial charge < -0.3 is 0 Å². The maximum absolute atomic E-state index is 12.2. The van der Waals surface area contributed by atoms with Gasteiger partial charge >= 0.3 is 0 Å². The molecule has 0 saturated carbocycles. The van der Waals surface area contributed by atoms with Gasteiger partial charge in [0.05, 0.1) is 11.9 Å². The Morgan fingerprint density at radius 3 is 2.62 bits per heavy atom. The zero-order valence-electron chi connectivity index (χ0n) is 14.4. The number of hydrogen-bond acceptors (Lipinski definition) is 5. The summed E-state index contributed by atoms with van der Waals surface area (Å²) in [5.74, 6) is 0.174. The van der Waals surface area contributed by atoms with E-state index >= 15 is 0 Å². The van der Waals surface area contributed by atoms with Crippen molar-refractivity contribution in [1.29, 1.82) is 5.26 Å². The third-order valence-electron chi connectivity index (χ3n) is 3.99. The smallest absolute Gasteiger partial charge is 0.270 e. The number of nitrogens with zero attached hydrogens (tertiary/aromatic N) is 3. The third-order valence-corrected chi connectivity index (χ3v) is 3.99. The molecule has 0 fully saturated rings. The number of rotatable bonds is 4. The van der Waals surface area contributed by atoms with Gasteiger partial charge in [-0.3, -0.25) is 9.78 Å². The van der Waals surface area contributed by atoms with Gasteiger partial charge in [0.25, 0.3) is 5.56 Å². The predicted octanol–water partition coefficient (Wildman–Crippen LogP) is 3.37. The van der Waals surface area contributed by atoms with Gasteiger partial charge in [0.2, 0.25) is 5.95 Å². The minimum atomic E-state index is -0.509. The van der Waals surface area contributed by atoms with E-state index in [2.05, 4.69) is 20.5 Å². The highest BCUT2D eigenvalue weighted by Crippen LogP contribution is 2.19. The fraction of sp³-hybridized carbons (Fsp3) is 0.100. The van der Waals surface area contributed by atoms with Crippen LogP contribution in [-0.2, 0) is 0 Å². The number of H-pyrrole nitrogens is 1. The summed E-state index contributed by atoms with van der Waals surface area (Å²) >= 11 is 0. The minimum absolute atomic E-state index is 0.0279. The van der Waals surface area contributed by atoms with Crippen molar-refractivity contribution >= 4 is 12.2 Å². The average Bonchev–Trinajstić information content (AvgIpc) is 2.65. The molecule has 3 rings (SSSR count). The lowest BCUT2D eigenvalue weighted by Gasteiger charge is -2.06. The van der Waals surface area contributed by atoms with E-state index < -0.39 is 5.56 Å². The second-order valence-corrected chi connectivity index (χ2v) is 5.83. The van der Waals surface area contributed by atoms with Crippen molar-refractivity contribution in [2.24, 2.45) is 5.10 Å². The highest BCUT2D eigenvalue weighted by atomic mass is 16.1. The molecule has 6 heteroatoms. The highest BCUT2D eigenvalue weighted by Gasteiger charge is 2.12. The summed E-state index contributed by atoms with van der Waals surface area (Å²) in [5, 5.41) is 13.4. The van der Waals surface area contributed by atoms with Crippen molar-refractivity contribution < 1.29 is 0 Å². The van der Waals surface area contributed by atoms with Crippen LogP contribution in [0, 0.1) is 25.2 Å². The molecule has 0 aliphatic rings. The maximum Gasteiger partial charge on any atom is 0.270 e. The molecule has 2 aromatic carbocycles. The molecule has 0 atom stereocenters. The number of benzene rings is 2. The second-order valence-electron chi connectivity index (χ2n) is 5.83. The van der Waals surface area contributed by atoms with Crippen LogP contribution in [0.1, 0.15) is 22.3 Å². The topological polar surface area (TPSA) is 93.9 Å². The van der Waals surface area contributed by atoms with Gasteiger partial charge in [0.1, 0.15) is 11.6 Å². The van der Waals surface area contributed by atoms with Gasteiger partial charge in [-0.1, -0.05) is 48.5 Å². The average molecular weight is 343 g/mol. The van der Waals surface area contributed by atoms with E-state index in [4.69, 9.17) is 0 Å². The van der Waals surface area contributed by atoms with Crippen molar-refractivity contribution in [3.8, 4) is 17.3 Å². The van der Waals surface area contributed by atoms with Crippen molar-refractivity contribution in [3.63, 3.8) is 0 Å². The first-order valence-corrected chi connectivity index (χ1v) is 8.04. The van der Waals surface area contributed by atoms with Crippen LogP contribution < -0.4 is 11.0 Å². The Hall–Kier alpha value is -3.72. The van der Waals surface area contributed by atoms with E-state index in [-0.39, 0.29) is 11.5 Å². The molecule has 128 valence electrons. The molecule has 6 nitrogen and oxygen atoms in total. The van der Waals surface area contributed by atoms with Gasteiger partial charge in [-0.2, -0.15) is 10.4 Å². The lowest BCUT2D eigenvalue weighted by Crippen LogP contribution is -2.16. The fourth-order valence-corrected chi connectivity index (χ4v) is 2.45. The van der Waals surface area contributed by atoms with Crippen molar-refractivity contribution in [2.75, 3.05) is 5.43 Å². The number of hydrogen-bond donors (Lipinski definition) is 2. The standard InChI is InChI=1S/C20H17N5O/c1-13-8-9-15(10-14(13)2)12-22-25-20-23-18(16-6-4-3-5-7-16)17(11-21)19(26)24-20/h3-10,12H,1-2H3,(H2,23,24,25,26). The molecule has 0 bridgehead atoms. The Bertz CT molecular complexity index is 1060. The van der Waals surface area contributed by atoms with Crippen LogP contribution in [0.3, 0.4) is 0 Å². The minimum Gasteiger partial charge on any atom is -0.290 e. The molecule has 0 amide bonds. The summed E-state index contributed by atoms with van der Waals surface area (Å²) in [6.45, 7) is 4.08. The molecule has 0 aliphatic heterocycles. The van der Waals surface area contributed by atoms with Crippen LogP contribution in [0.25, 0.3) is 11.3 Å². The van der Waals surface area contributed by atoms with E-state index in [1.807, 2.05) is 56.3 Å². The number of aryl methyl sites for hydroxylation is 2. The van der Waals surface area contributed by atoms with Gasteiger partial charge in [0, 0.05) is 5.56 Å². The van der Waals surface area contributed by atoms with Crippen LogP contribution >= 0.6 is 0 Å². The summed E-state index contributed by atoms with van der Waals surface area (Å²) in [5.41, 5.74) is 6.51. The number of nitrogens with one attached hydrogen (secondary N) is 2. The molecule has 0 unspecified atom stereocenters. The van der Waals surface area contributed by atoms with Crippen molar-refractivity contribution in [1.82, 2.24) is 9.97 Å². The number of aromatic amines is 1. The van der Waals surface area contributed by atoms with Crippen LogP contribution in [0.15, 0.2) is 58.4 Å². The van der Waals surface area contributed by atoms with Crippen molar-refractivity contribution in [2.45, 2.75) is 13.8 Å². The zero-order chi connectivity index (χ0) is 18.5. The van der Waals surface area contributed by atoms with E-state index in [1.165, 1.54) is 11.1 Å². The Morgan fingerprint density at radius 2 is 1.92 bits per heavy atom. The number of aromatic nitrogens is 2. The zero-order valence-corrected chi connectivity index (χ0v) is 14.4. The van der Waals surface area contributed by atoms with Crippen LogP contribution in [0.2, 0.25) is 0 Å². The first-order chi connectivity index (χ1) is 12.6. The summed E-state index contributed by atoms with van der Waals surface area (Å²) in [6, 6.07) is 17.0. The maximum atomic E-state index is 12.2. The Labute approximate surface area is 150 Å². The van der Waals surface area contributed by atoms with Gasteiger partial charge in [-0.15, -0.1) is 0 Å². The van der Waals surface area contributed by atoms with E-state index in [9.17, 15) is 10.1 Å². The quantitative estimate of drug-likeness (QED) is 0.561. The van der Waals surface area contributed by atoms with Gasteiger partial charge in [-0.25, -0.2) is 10.4 Å². The SMILES string of the molecule is Cc1ccc(C=NNc2nc(-c3ccccc3)c(C#N)c(=O)[nH]2)cc1C. The number of hydrazone groups is 1. The van der Waals surface area contributed by atoms with Crippen LogP contribution in [0.5, 0.6) is 0 Å². The van der Waals surface area contributed by atoms with Crippen LogP contribution in [0.4, 0.5) is 5.95 Å². The van der Waals surface area contributed by atoms with E-state index in [0.29, 0.717) is 11.3 Å². The summed E-state index contributed by atoms with van der Waals surface area (Å²) in [6.07, 6.45) is 1.65. The fourth-order valence-electron chi connectivity index (χ4n) is 2.45. The molecule has 1 heterocycles. The molecule has 2 N–H and O–H groups in total. The lowest BCUT2D eigenvalue weighted by molar-refractivity contribution is 1.08. The lowest BCUT2D eigenvalue weighted by atomic mass is 10.1. The molecular weight excluding hydrogens is 326 g/mol. The molecule has 26 heavy (non-hydrogen) atoms. The summed E-state index contributed by atoms with van der Waals surface area (Å²) in [7, 11) is 0. The monoisotopic (exact) mass is 343 g/mol. The first kappa shape index (κ1) is 17.1. The molecule has 3 aromatic rings. The number of nitriles is 1. The largest absolute Gasteiger partial charge is 0.290 e. The summed E-state index contributed by atoms with van der Waals surface area (Å²) in [4.78, 5) is 19.0. The Balaban J connectivity index is 1.90. The van der Waals surface area contributed by atoms with E-state index in [1.54, 1.807) is 18.3 Å². The Kier molecular flexibility index (Phi) is 4.90. The molecule has 0 radical (unpaired) electrons.